The zero-order valence-corrected chi connectivity index (χ0v) is 13.9. The van der Waals surface area contributed by atoms with Gasteiger partial charge in [-0.05, 0) is 12.1 Å². The minimum Gasteiger partial charge on any atom is -0.478 e. The summed E-state index contributed by atoms with van der Waals surface area (Å²) in [5, 5.41) is 18.3. The van der Waals surface area contributed by atoms with Crippen LogP contribution in [0.25, 0.3) is 11.3 Å². The molecule has 7 nitrogen and oxygen atoms in total. The second kappa shape index (κ2) is 6.42. The van der Waals surface area contributed by atoms with Gasteiger partial charge < -0.3 is 5.11 Å². The largest absolute Gasteiger partial charge is 0.478 e. The highest BCUT2D eigenvalue weighted by Gasteiger charge is 2.22. The number of nitrogens with one attached hydrogen (secondary N) is 1. The molecule has 2 N–H and O–H groups in total. The minimum atomic E-state index is -1.21. The van der Waals surface area contributed by atoms with Gasteiger partial charge in [0.1, 0.15) is 5.56 Å². The number of thiazole rings is 1. The Morgan fingerprint density at radius 3 is 2.67 bits per heavy atom. The van der Waals surface area contributed by atoms with Gasteiger partial charge in [0, 0.05) is 29.2 Å². The third-order valence-corrected chi connectivity index (χ3v) is 4.15. The molecule has 0 saturated heterocycles. The lowest BCUT2D eigenvalue weighted by molar-refractivity contribution is 0.0692. The first-order chi connectivity index (χ1) is 11.4. The van der Waals surface area contributed by atoms with Crippen LogP contribution in [0.15, 0.2) is 35.8 Å². The normalized spacial score (nSPS) is 10.6. The number of aromatic carboxylic acids is 1. The Morgan fingerprint density at radius 2 is 2.00 bits per heavy atom. The average Bonchev–Trinajstić information content (AvgIpc) is 3.15. The van der Waals surface area contributed by atoms with Crippen molar-refractivity contribution in [1.29, 1.82) is 0 Å². The summed E-state index contributed by atoms with van der Waals surface area (Å²) in [6.45, 7) is 0. The van der Waals surface area contributed by atoms with Gasteiger partial charge in [0.05, 0.1) is 5.69 Å². The first kappa shape index (κ1) is 16.2. The van der Waals surface area contributed by atoms with Gasteiger partial charge in [0.15, 0.2) is 10.8 Å². The van der Waals surface area contributed by atoms with E-state index in [-0.39, 0.29) is 11.3 Å². The van der Waals surface area contributed by atoms with Crippen LogP contribution in [0.5, 0.6) is 0 Å². The number of carboxylic acid groups (broad SMARTS) is 1. The van der Waals surface area contributed by atoms with E-state index in [1.54, 1.807) is 24.6 Å². The Morgan fingerprint density at radius 1 is 1.29 bits per heavy atom. The van der Waals surface area contributed by atoms with E-state index in [4.69, 9.17) is 16.7 Å². The van der Waals surface area contributed by atoms with Gasteiger partial charge in [-0.15, -0.1) is 11.3 Å². The highest BCUT2D eigenvalue weighted by molar-refractivity contribution is 7.14. The summed E-state index contributed by atoms with van der Waals surface area (Å²) in [4.78, 5) is 27.7. The number of carboxylic acids is 1. The fourth-order valence-corrected chi connectivity index (χ4v) is 2.89. The highest BCUT2D eigenvalue weighted by Crippen LogP contribution is 2.26. The van der Waals surface area contributed by atoms with Crippen molar-refractivity contribution in [3.05, 3.63) is 52.1 Å². The molecule has 0 unspecified atom stereocenters. The second-order valence-corrected chi connectivity index (χ2v) is 6.16. The fourth-order valence-electron chi connectivity index (χ4n) is 2.05. The topological polar surface area (TPSA) is 97.1 Å². The first-order valence-electron chi connectivity index (χ1n) is 6.74. The summed E-state index contributed by atoms with van der Waals surface area (Å²) < 4.78 is 1.28. The molecule has 1 aromatic carbocycles. The maximum absolute atomic E-state index is 12.2. The van der Waals surface area contributed by atoms with E-state index < -0.39 is 11.9 Å². The molecule has 0 aliphatic heterocycles. The lowest BCUT2D eigenvalue weighted by Crippen LogP contribution is -2.16. The predicted molar refractivity (Wildman–Crippen MR) is 90.7 cm³/mol. The predicted octanol–water partition coefficient (Wildman–Crippen LogP) is 3.15. The molecule has 0 saturated carbocycles. The number of benzene rings is 1. The minimum absolute atomic E-state index is 0.159. The molecule has 9 heteroatoms. The molecule has 0 atom stereocenters. The lowest BCUT2D eigenvalue weighted by atomic mass is 10.2. The van der Waals surface area contributed by atoms with E-state index in [1.165, 1.54) is 22.2 Å². The molecule has 0 aliphatic rings. The number of hydrogen-bond donors (Lipinski definition) is 2. The Kier molecular flexibility index (Phi) is 4.32. The SMILES string of the molecule is Cn1cc(C(=O)O)c(C(=O)Nc2nc(-c3ccc(Cl)cc3)cs2)n1. The number of rotatable bonds is 4. The number of aryl methyl sites for hydroxylation is 1. The van der Waals surface area contributed by atoms with Crippen LogP contribution < -0.4 is 5.32 Å². The quantitative estimate of drug-likeness (QED) is 0.743. The van der Waals surface area contributed by atoms with Crippen LogP contribution in [-0.2, 0) is 7.05 Å². The summed E-state index contributed by atoms with van der Waals surface area (Å²) in [6, 6.07) is 7.15. The molecule has 0 spiro atoms. The van der Waals surface area contributed by atoms with E-state index in [0.29, 0.717) is 15.8 Å². The summed E-state index contributed by atoms with van der Waals surface area (Å²) >= 11 is 7.09. The smallest absolute Gasteiger partial charge is 0.339 e. The number of amides is 1. The molecule has 2 aromatic heterocycles. The van der Waals surface area contributed by atoms with Crippen LogP contribution >= 0.6 is 22.9 Å². The van der Waals surface area contributed by atoms with Crippen molar-refractivity contribution in [1.82, 2.24) is 14.8 Å². The zero-order chi connectivity index (χ0) is 17.3. The number of hydrogen-bond acceptors (Lipinski definition) is 5. The maximum atomic E-state index is 12.2. The number of anilines is 1. The Hall–Kier alpha value is -2.71. The molecule has 3 aromatic rings. The highest BCUT2D eigenvalue weighted by atomic mass is 35.5. The molecule has 0 radical (unpaired) electrons. The second-order valence-electron chi connectivity index (χ2n) is 4.87. The molecule has 24 heavy (non-hydrogen) atoms. The van der Waals surface area contributed by atoms with Crippen molar-refractivity contribution in [3.63, 3.8) is 0 Å². The van der Waals surface area contributed by atoms with Crippen molar-refractivity contribution in [2.75, 3.05) is 5.32 Å². The molecule has 1 amide bonds. The third-order valence-electron chi connectivity index (χ3n) is 3.14. The standard InChI is InChI=1S/C15H11ClN4O3S/c1-20-6-10(14(22)23)12(19-20)13(21)18-15-17-11(7-24-15)8-2-4-9(16)5-3-8/h2-7H,1H3,(H,22,23)(H,17,18,21). The number of aromatic nitrogens is 3. The van der Waals surface area contributed by atoms with Gasteiger partial charge in [-0.25, -0.2) is 9.78 Å². The molecule has 2 heterocycles. The van der Waals surface area contributed by atoms with Crippen LogP contribution in [0, 0.1) is 0 Å². The molecule has 0 aliphatic carbocycles. The van der Waals surface area contributed by atoms with Crippen LogP contribution in [0.4, 0.5) is 5.13 Å². The summed E-state index contributed by atoms with van der Waals surface area (Å²) in [7, 11) is 1.55. The zero-order valence-electron chi connectivity index (χ0n) is 12.4. The first-order valence-corrected chi connectivity index (χ1v) is 7.99. The lowest BCUT2D eigenvalue weighted by Gasteiger charge is -2.00. The van der Waals surface area contributed by atoms with E-state index in [9.17, 15) is 9.59 Å². The monoisotopic (exact) mass is 362 g/mol. The van der Waals surface area contributed by atoms with Gasteiger partial charge in [-0.1, -0.05) is 23.7 Å². The molecule has 122 valence electrons. The van der Waals surface area contributed by atoms with Crippen molar-refractivity contribution in [3.8, 4) is 11.3 Å². The van der Waals surface area contributed by atoms with Crippen molar-refractivity contribution in [2.24, 2.45) is 7.05 Å². The summed E-state index contributed by atoms with van der Waals surface area (Å²) in [5.41, 5.74) is 1.23. The van der Waals surface area contributed by atoms with Gasteiger partial charge >= 0.3 is 5.97 Å². The van der Waals surface area contributed by atoms with Crippen molar-refractivity contribution < 1.29 is 14.7 Å². The number of halogens is 1. The van der Waals surface area contributed by atoms with E-state index in [1.807, 2.05) is 12.1 Å². The number of carbonyl (C=O) groups is 2. The van der Waals surface area contributed by atoms with E-state index in [2.05, 4.69) is 15.4 Å². The van der Waals surface area contributed by atoms with Crippen LogP contribution in [0.3, 0.4) is 0 Å². The molecular formula is C15H11ClN4O3S. The van der Waals surface area contributed by atoms with Gasteiger partial charge in [-0.3, -0.25) is 14.8 Å². The van der Waals surface area contributed by atoms with E-state index >= 15 is 0 Å². The number of nitrogens with zero attached hydrogens (tertiary/aromatic N) is 3. The van der Waals surface area contributed by atoms with Gasteiger partial charge in [-0.2, -0.15) is 5.10 Å². The Bertz CT molecular complexity index is 917. The average molecular weight is 363 g/mol. The van der Waals surface area contributed by atoms with Crippen LogP contribution in [-0.4, -0.2) is 31.7 Å². The van der Waals surface area contributed by atoms with E-state index in [0.717, 1.165) is 5.56 Å². The van der Waals surface area contributed by atoms with Crippen molar-refractivity contribution >= 4 is 39.9 Å². The third kappa shape index (κ3) is 3.29. The van der Waals surface area contributed by atoms with Crippen molar-refractivity contribution in [2.45, 2.75) is 0 Å². The van der Waals surface area contributed by atoms with Crippen LogP contribution in [0.1, 0.15) is 20.8 Å². The van der Waals surface area contributed by atoms with Gasteiger partial charge in [0.25, 0.3) is 5.91 Å². The Labute approximate surface area is 145 Å². The molecular weight excluding hydrogens is 352 g/mol. The Balaban J connectivity index is 1.81. The fraction of sp³-hybridized carbons (Fsp3) is 0.0667. The van der Waals surface area contributed by atoms with Gasteiger partial charge in [0.2, 0.25) is 0 Å². The van der Waals surface area contributed by atoms with Crippen LogP contribution in [0.2, 0.25) is 5.02 Å². The molecule has 0 fully saturated rings. The number of carbonyl (C=O) groups excluding carboxylic acids is 1. The summed E-state index contributed by atoms with van der Waals surface area (Å²) in [5.74, 6) is -1.83. The molecule has 3 rings (SSSR count). The summed E-state index contributed by atoms with van der Waals surface area (Å²) in [6.07, 6.45) is 1.28. The maximum Gasteiger partial charge on any atom is 0.339 e. The molecule has 0 bridgehead atoms.